The van der Waals surface area contributed by atoms with Crippen molar-refractivity contribution in [3.63, 3.8) is 0 Å². The first-order chi connectivity index (χ1) is 19.3. The molecule has 4 nitrogen and oxygen atoms in total. The zero-order valence-electron chi connectivity index (χ0n) is 21.5. The fraction of sp³-hybridized carbons (Fsp3) is 0.147. The summed E-state index contributed by atoms with van der Waals surface area (Å²) < 4.78 is 15.8. The van der Waals surface area contributed by atoms with E-state index >= 15 is 4.39 Å². The van der Waals surface area contributed by atoms with Crippen LogP contribution in [0, 0.1) is 18.2 Å². The maximum atomic E-state index is 15.8. The minimum Gasteiger partial charge on any atom is -0.352 e. The van der Waals surface area contributed by atoms with Crippen molar-refractivity contribution < 1.29 is 18.8 Å². The van der Waals surface area contributed by atoms with Gasteiger partial charge >= 0.3 is 0 Å². The Morgan fingerprint density at radius 1 is 0.875 bits per heavy atom. The Hall–Kier alpha value is -4.35. The third-order valence-corrected chi connectivity index (χ3v) is 8.85. The molecule has 1 fully saturated rings. The summed E-state index contributed by atoms with van der Waals surface area (Å²) in [6.07, 6.45) is 3.64. The third-order valence-electron chi connectivity index (χ3n) is 8.61. The lowest BCUT2D eigenvalue weighted by Gasteiger charge is -2.37. The molecule has 4 aromatic rings. The molecule has 0 unspecified atom stereocenters. The Morgan fingerprint density at radius 3 is 2.20 bits per heavy atom. The molecule has 2 aliphatic heterocycles. The first-order valence-corrected chi connectivity index (χ1v) is 13.5. The summed E-state index contributed by atoms with van der Waals surface area (Å²) >= 11 is 6.33. The highest BCUT2D eigenvalue weighted by Crippen LogP contribution is 2.61. The average molecular weight is 548 g/mol. The van der Waals surface area contributed by atoms with E-state index in [9.17, 15) is 14.4 Å². The number of halogens is 2. The summed E-state index contributed by atoms with van der Waals surface area (Å²) in [5, 5.41) is 0.517. The van der Waals surface area contributed by atoms with Crippen LogP contribution in [0.2, 0.25) is 5.02 Å². The van der Waals surface area contributed by atoms with E-state index in [1.54, 1.807) is 78.9 Å². The van der Waals surface area contributed by atoms with Crippen LogP contribution < -0.4 is 4.90 Å². The number of aryl methyl sites for hydroxylation is 1. The van der Waals surface area contributed by atoms with Gasteiger partial charge in [0.1, 0.15) is 17.3 Å². The maximum Gasteiger partial charge on any atom is 0.185 e. The lowest BCUT2D eigenvalue weighted by Crippen LogP contribution is -2.48. The van der Waals surface area contributed by atoms with Gasteiger partial charge in [-0.05, 0) is 42.3 Å². The first kappa shape index (κ1) is 24.7. The van der Waals surface area contributed by atoms with Crippen molar-refractivity contribution in [3.05, 3.63) is 141 Å². The van der Waals surface area contributed by atoms with Gasteiger partial charge in [-0.15, -0.1) is 0 Å². The van der Waals surface area contributed by atoms with Crippen LogP contribution in [0.3, 0.4) is 0 Å². The van der Waals surface area contributed by atoms with E-state index in [1.807, 2.05) is 30.0 Å². The van der Waals surface area contributed by atoms with E-state index in [2.05, 4.69) is 0 Å². The van der Waals surface area contributed by atoms with Gasteiger partial charge in [0.15, 0.2) is 17.3 Å². The third kappa shape index (κ3) is 3.21. The number of rotatable bonds is 3. The molecular formula is C34H23ClFNO3. The van der Waals surface area contributed by atoms with Crippen molar-refractivity contribution in [1.82, 2.24) is 0 Å². The highest BCUT2D eigenvalue weighted by Gasteiger charge is 2.71. The molecule has 1 spiro atoms. The Labute approximate surface area is 235 Å². The molecule has 4 aromatic carbocycles. The molecule has 1 aliphatic carbocycles. The van der Waals surface area contributed by atoms with Crippen LogP contribution >= 0.6 is 11.6 Å². The minimum atomic E-state index is -1.75. The van der Waals surface area contributed by atoms with Crippen molar-refractivity contribution in [1.29, 1.82) is 0 Å². The standard InChI is InChI=1S/C34H23ClFNO3/c1-19-10-12-20(13-11-19)31(38)30-29(25-8-4-5-9-26(25)36)34(32(39)23-6-2-3-7-24(23)33(34)40)28-17-14-21-18-22(35)15-16-27(21)37(28)30/h2-18,28-30H,1H3/t28-,29+,30+/m1/s1. The van der Waals surface area contributed by atoms with Crippen LogP contribution in [-0.4, -0.2) is 29.4 Å². The minimum absolute atomic E-state index is 0.167. The van der Waals surface area contributed by atoms with E-state index in [0.717, 1.165) is 11.1 Å². The zero-order chi connectivity index (χ0) is 27.8. The molecule has 3 aliphatic rings. The number of anilines is 1. The second kappa shape index (κ2) is 8.83. The monoisotopic (exact) mass is 547 g/mol. The summed E-state index contributed by atoms with van der Waals surface area (Å²) in [7, 11) is 0. The molecule has 6 heteroatoms. The number of benzene rings is 4. The molecule has 3 atom stereocenters. The Bertz CT molecular complexity index is 1740. The first-order valence-electron chi connectivity index (χ1n) is 13.1. The Kier molecular flexibility index (Phi) is 5.45. The van der Waals surface area contributed by atoms with E-state index in [0.29, 0.717) is 27.4 Å². The van der Waals surface area contributed by atoms with Gasteiger partial charge in [0, 0.05) is 33.3 Å². The predicted octanol–water partition coefficient (Wildman–Crippen LogP) is 7.10. The molecule has 2 heterocycles. The number of hydrogen-bond acceptors (Lipinski definition) is 4. The van der Waals surface area contributed by atoms with Crippen LogP contribution in [0.5, 0.6) is 0 Å². The molecule has 1 saturated heterocycles. The highest BCUT2D eigenvalue weighted by atomic mass is 35.5. The van der Waals surface area contributed by atoms with Crippen LogP contribution in [0.15, 0.2) is 97.1 Å². The number of Topliss-reactive ketones (excluding diaryl/α,β-unsaturated/α-hetero) is 3. The van der Waals surface area contributed by atoms with E-state index in [1.165, 1.54) is 6.07 Å². The number of nitrogens with zero attached hydrogens (tertiary/aromatic N) is 1. The molecule has 40 heavy (non-hydrogen) atoms. The van der Waals surface area contributed by atoms with Crippen molar-refractivity contribution in [2.24, 2.45) is 5.41 Å². The average Bonchev–Trinajstić information content (AvgIpc) is 3.39. The van der Waals surface area contributed by atoms with Gasteiger partial charge in [0.05, 0.1) is 6.04 Å². The topological polar surface area (TPSA) is 54.5 Å². The molecule has 0 N–H and O–H groups in total. The van der Waals surface area contributed by atoms with E-state index in [-0.39, 0.29) is 11.3 Å². The fourth-order valence-corrected chi connectivity index (χ4v) is 7.09. The summed E-state index contributed by atoms with van der Waals surface area (Å²) in [6.45, 7) is 1.93. The maximum absolute atomic E-state index is 15.8. The normalized spacial score (nSPS) is 21.9. The molecule has 0 bridgehead atoms. The summed E-state index contributed by atoms with van der Waals surface area (Å²) in [5.41, 5.74) is 1.85. The lowest BCUT2D eigenvalue weighted by atomic mass is 9.64. The molecule has 0 aromatic heterocycles. The van der Waals surface area contributed by atoms with Crippen molar-refractivity contribution >= 4 is 40.7 Å². The fourth-order valence-electron chi connectivity index (χ4n) is 6.91. The quantitative estimate of drug-likeness (QED) is 0.203. The van der Waals surface area contributed by atoms with Gasteiger partial charge in [-0.1, -0.05) is 96.0 Å². The van der Waals surface area contributed by atoms with Crippen LogP contribution in [-0.2, 0) is 0 Å². The zero-order valence-corrected chi connectivity index (χ0v) is 22.2. The van der Waals surface area contributed by atoms with Gasteiger partial charge in [-0.25, -0.2) is 4.39 Å². The number of carbonyl (C=O) groups excluding carboxylic acids is 3. The van der Waals surface area contributed by atoms with E-state index < -0.39 is 40.8 Å². The number of fused-ring (bicyclic) bond motifs is 5. The Balaban J connectivity index is 1.56. The Morgan fingerprint density at radius 2 is 1.52 bits per heavy atom. The van der Waals surface area contributed by atoms with Crippen LogP contribution in [0.4, 0.5) is 10.1 Å². The van der Waals surface area contributed by atoms with Crippen LogP contribution in [0.1, 0.15) is 53.7 Å². The van der Waals surface area contributed by atoms with Gasteiger partial charge in [-0.3, -0.25) is 14.4 Å². The molecule has 0 saturated carbocycles. The summed E-state index contributed by atoms with van der Waals surface area (Å²) in [5.74, 6) is -2.73. The van der Waals surface area contributed by atoms with Gasteiger partial charge in [-0.2, -0.15) is 0 Å². The predicted molar refractivity (Wildman–Crippen MR) is 153 cm³/mol. The molecule has 7 rings (SSSR count). The van der Waals surface area contributed by atoms with E-state index in [4.69, 9.17) is 11.6 Å². The number of carbonyl (C=O) groups is 3. The van der Waals surface area contributed by atoms with Gasteiger partial charge < -0.3 is 4.90 Å². The summed E-state index contributed by atoms with van der Waals surface area (Å²) in [6, 6.07) is 23.5. The van der Waals surface area contributed by atoms with Crippen molar-refractivity contribution in [3.8, 4) is 0 Å². The largest absolute Gasteiger partial charge is 0.352 e. The van der Waals surface area contributed by atoms with Gasteiger partial charge in [0.2, 0.25) is 0 Å². The second-order valence-electron chi connectivity index (χ2n) is 10.7. The van der Waals surface area contributed by atoms with Gasteiger partial charge in [0.25, 0.3) is 0 Å². The van der Waals surface area contributed by atoms with Crippen LogP contribution in [0.25, 0.3) is 6.08 Å². The molecule has 0 radical (unpaired) electrons. The molecular weight excluding hydrogens is 525 g/mol. The molecule has 0 amide bonds. The van der Waals surface area contributed by atoms with Crippen molar-refractivity contribution in [2.45, 2.75) is 24.9 Å². The number of hydrogen-bond donors (Lipinski definition) is 0. The van der Waals surface area contributed by atoms with Crippen molar-refractivity contribution in [2.75, 3.05) is 4.90 Å². The lowest BCUT2D eigenvalue weighted by molar-refractivity contribution is 0.0664. The SMILES string of the molecule is Cc1ccc(C(=O)[C@@H]2[C@H](c3ccccc3F)C3(C(=O)c4ccccc4C3=O)[C@H]3C=Cc4cc(Cl)ccc4N23)cc1. The number of ketones is 3. The smallest absolute Gasteiger partial charge is 0.185 e. The highest BCUT2D eigenvalue weighted by molar-refractivity contribution is 6.32. The second-order valence-corrected chi connectivity index (χ2v) is 11.1. The summed E-state index contributed by atoms with van der Waals surface area (Å²) in [4.78, 5) is 45.5. The molecule has 196 valence electrons.